The Labute approximate surface area is 132 Å². The zero-order valence-corrected chi connectivity index (χ0v) is 13.8. The van der Waals surface area contributed by atoms with Crippen LogP contribution in [-0.2, 0) is 26.3 Å². The van der Waals surface area contributed by atoms with Crippen molar-refractivity contribution in [2.24, 2.45) is 12.8 Å². The molecule has 2 aromatic rings. The van der Waals surface area contributed by atoms with E-state index in [0.29, 0.717) is 0 Å². The fourth-order valence-corrected chi connectivity index (χ4v) is 2.87. The molecule has 1 heterocycles. The van der Waals surface area contributed by atoms with Crippen LogP contribution >= 0.6 is 11.6 Å². The van der Waals surface area contributed by atoms with E-state index >= 15 is 0 Å². The molecule has 0 amide bonds. The lowest BCUT2D eigenvalue weighted by molar-refractivity contribution is 0.577. The number of hydrogen-bond acceptors (Lipinski definition) is 2. The molecule has 0 bridgehead atoms. The van der Waals surface area contributed by atoms with Gasteiger partial charge in [0.05, 0.1) is 16.4 Å². The van der Waals surface area contributed by atoms with Crippen molar-refractivity contribution >= 4 is 11.6 Å². The van der Waals surface area contributed by atoms with Gasteiger partial charge < -0.3 is 5.73 Å². The summed E-state index contributed by atoms with van der Waals surface area (Å²) < 4.78 is 1.87. The Morgan fingerprint density at radius 1 is 1.29 bits per heavy atom. The van der Waals surface area contributed by atoms with Gasteiger partial charge in [-0.15, -0.1) is 0 Å². The van der Waals surface area contributed by atoms with Crippen LogP contribution in [0.3, 0.4) is 0 Å². The molecule has 3 nitrogen and oxygen atoms in total. The number of nitrogens with zero attached hydrogens (tertiary/aromatic N) is 2. The number of rotatable bonds is 6. The fraction of sp³-hybridized carbons (Fsp3) is 0.471. The van der Waals surface area contributed by atoms with Gasteiger partial charge in [0.2, 0.25) is 0 Å². The molecule has 0 fully saturated rings. The van der Waals surface area contributed by atoms with Crippen LogP contribution in [-0.4, -0.2) is 15.8 Å². The highest BCUT2D eigenvalue weighted by atomic mass is 35.5. The molecule has 0 radical (unpaired) electrons. The van der Waals surface area contributed by atoms with Crippen LogP contribution in [0.15, 0.2) is 24.3 Å². The van der Waals surface area contributed by atoms with Crippen molar-refractivity contribution in [2.45, 2.75) is 45.6 Å². The predicted molar refractivity (Wildman–Crippen MR) is 88.8 cm³/mol. The summed E-state index contributed by atoms with van der Waals surface area (Å²) in [6.45, 7) is 4.17. The van der Waals surface area contributed by atoms with Gasteiger partial charge in [-0.2, -0.15) is 5.10 Å². The summed E-state index contributed by atoms with van der Waals surface area (Å²) in [4.78, 5) is 0. The minimum Gasteiger partial charge on any atom is -0.327 e. The Morgan fingerprint density at radius 2 is 1.95 bits per heavy atom. The molecule has 114 valence electrons. The second-order valence-corrected chi connectivity index (χ2v) is 6.05. The SMILES string of the molecule is CCc1nn(C)c(CC(N)CCc2ccc(C)cc2)c1Cl. The Morgan fingerprint density at radius 3 is 2.52 bits per heavy atom. The van der Waals surface area contributed by atoms with E-state index in [2.05, 4.69) is 43.2 Å². The minimum absolute atomic E-state index is 0.101. The molecule has 0 saturated carbocycles. The van der Waals surface area contributed by atoms with E-state index in [9.17, 15) is 0 Å². The molecular formula is C17H24ClN3. The lowest BCUT2D eigenvalue weighted by Crippen LogP contribution is -2.25. The molecule has 2 N–H and O–H groups in total. The first-order valence-corrected chi connectivity index (χ1v) is 7.90. The highest BCUT2D eigenvalue weighted by Gasteiger charge is 2.15. The van der Waals surface area contributed by atoms with Gasteiger partial charge in [0, 0.05) is 19.5 Å². The van der Waals surface area contributed by atoms with Crippen LogP contribution in [0.2, 0.25) is 5.02 Å². The average Bonchev–Trinajstić information content (AvgIpc) is 2.74. The minimum atomic E-state index is 0.101. The molecule has 1 unspecified atom stereocenters. The van der Waals surface area contributed by atoms with Crippen LogP contribution in [0.1, 0.15) is 35.9 Å². The monoisotopic (exact) mass is 305 g/mol. The Kier molecular flexibility index (Phi) is 5.43. The van der Waals surface area contributed by atoms with Gasteiger partial charge in [0.25, 0.3) is 0 Å². The van der Waals surface area contributed by atoms with E-state index in [1.54, 1.807) is 0 Å². The first kappa shape index (κ1) is 16.1. The summed E-state index contributed by atoms with van der Waals surface area (Å²) >= 11 is 6.37. The number of nitrogens with two attached hydrogens (primary N) is 1. The maximum absolute atomic E-state index is 6.37. The van der Waals surface area contributed by atoms with Crippen molar-refractivity contribution < 1.29 is 0 Å². The van der Waals surface area contributed by atoms with Crippen molar-refractivity contribution in [3.8, 4) is 0 Å². The summed E-state index contributed by atoms with van der Waals surface area (Å²) in [5.74, 6) is 0. The quantitative estimate of drug-likeness (QED) is 0.888. The molecule has 4 heteroatoms. The van der Waals surface area contributed by atoms with Crippen molar-refractivity contribution in [3.63, 3.8) is 0 Å². The van der Waals surface area contributed by atoms with Crippen LogP contribution in [0.25, 0.3) is 0 Å². The number of aromatic nitrogens is 2. The smallest absolute Gasteiger partial charge is 0.0850 e. The van der Waals surface area contributed by atoms with E-state index in [1.165, 1.54) is 11.1 Å². The molecule has 0 spiro atoms. The number of halogens is 1. The Balaban J connectivity index is 1.94. The Bertz CT molecular complexity index is 587. The fourth-order valence-electron chi connectivity index (χ4n) is 2.50. The molecular weight excluding hydrogens is 282 g/mol. The van der Waals surface area contributed by atoms with Gasteiger partial charge in [0.1, 0.15) is 0 Å². The second kappa shape index (κ2) is 7.10. The zero-order valence-electron chi connectivity index (χ0n) is 13.1. The molecule has 2 rings (SSSR count). The van der Waals surface area contributed by atoms with Gasteiger partial charge in [0.15, 0.2) is 0 Å². The lowest BCUT2D eigenvalue weighted by Gasteiger charge is -2.12. The van der Waals surface area contributed by atoms with Crippen LogP contribution in [0.4, 0.5) is 0 Å². The van der Waals surface area contributed by atoms with Gasteiger partial charge >= 0.3 is 0 Å². The molecule has 1 aromatic heterocycles. The van der Waals surface area contributed by atoms with Crippen LogP contribution in [0, 0.1) is 6.92 Å². The largest absolute Gasteiger partial charge is 0.327 e. The first-order valence-electron chi connectivity index (χ1n) is 7.52. The van der Waals surface area contributed by atoms with Crippen LogP contribution in [0.5, 0.6) is 0 Å². The normalized spacial score (nSPS) is 12.6. The van der Waals surface area contributed by atoms with Crippen molar-refractivity contribution in [3.05, 3.63) is 51.8 Å². The highest BCUT2D eigenvalue weighted by Crippen LogP contribution is 2.22. The molecule has 1 atom stereocenters. The summed E-state index contributed by atoms with van der Waals surface area (Å²) in [7, 11) is 1.94. The summed E-state index contributed by atoms with van der Waals surface area (Å²) in [5, 5.41) is 5.22. The van der Waals surface area contributed by atoms with E-state index in [1.807, 2.05) is 11.7 Å². The lowest BCUT2D eigenvalue weighted by atomic mass is 10.0. The number of hydrogen-bond donors (Lipinski definition) is 1. The van der Waals surface area contributed by atoms with Gasteiger partial charge in [-0.1, -0.05) is 48.4 Å². The van der Waals surface area contributed by atoms with Gasteiger partial charge in [-0.3, -0.25) is 4.68 Å². The van der Waals surface area contributed by atoms with E-state index in [0.717, 1.165) is 42.1 Å². The van der Waals surface area contributed by atoms with Crippen LogP contribution < -0.4 is 5.73 Å². The third-order valence-electron chi connectivity index (χ3n) is 3.88. The molecule has 21 heavy (non-hydrogen) atoms. The summed E-state index contributed by atoms with van der Waals surface area (Å²) in [5.41, 5.74) is 10.9. The van der Waals surface area contributed by atoms with E-state index in [-0.39, 0.29) is 6.04 Å². The van der Waals surface area contributed by atoms with E-state index in [4.69, 9.17) is 17.3 Å². The third-order valence-corrected chi connectivity index (χ3v) is 4.32. The molecule has 0 aliphatic heterocycles. The standard InChI is InChI=1S/C17H24ClN3/c1-4-15-17(18)16(21(3)20-15)11-14(19)10-9-13-7-5-12(2)6-8-13/h5-8,14H,4,9-11,19H2,1-3H3. The molecule has 0 aliphatic rings. The highest BCUT2D eigenvalue weighted by molar-refractivity contribution is 6.31. The maximum atomic E-state index is 6.37. The zero-order chi connectivity index (χ0) is 15.4. The predicted octanol–water partition coefficient (Wildman–Crippen LogP) is 3.45. The number of benzene rings is 1. The van der Waals surface area contributed by atoms with E-state index < -0.39 is 0 Å². The van der Waals surface area contributed by atoms with Gasteiger partial charge in [-0.25, -0.2) is 0 Å². The summed E-state index contributed by atoms with van der Waals surface area (Å²) in [6, 6.07) is 8.74. The topological polar surface area (TPSA) is 43.8 Å². The third kappa shape index (κ3) is 4.08. The Hall–Kier alpha value is -1.32. The molecule has 0 aliphatic carbocycles. The van der Waals surface area contributed by atoms with Crippen molar-refractivity contribution in [1.29, 1.82) is 0 Å². The van der Waals surface area contributed by atoms with Gasteiger partial charge in [-0.05, 0) is 31.7 Å². The van der Waals surface area contributed by atoms with Crippen molar-refractivity contribution in [2.75, 3.05) is 0 Å². The summed E-state index contributed by atoms with van der Waals surface area (Å²) in [6.07, 6.45) is 3.57. The van der Waals surface area contributed by atoms with Crippen molar-refractivity contribution in [1.82, 2.24) is 9.78 Å². The molecule has 1 aromatic carbocycles. The average molecular weight is 306 g/mol. The molecule has 0 saturated heterocycles. The second-order valence-electron chi connectivity index (χ2n) is 5.67. The number of aryl methyl sites for hydroxylation is 4. The first-order chi connectivity index (χ1) is 10.0. The maximum Gasteiger partial charge on any atom is 0.0850 e.